The molecule has 29 heavy (non-hydrogen) atoms. The third-order valence-corrected chi connectivity index (χ3v) is 4.88. The van der Waals surface area contributed by atoms with Gasteiger partial charge in [-0.2, -0.15) is 13.2 Å². The van der Waals surface area contributed by atoms with E-state index >= 15 is 0 Å². The molecular formula is C21H18F3N3O2. The molecule has 0 bridgehead atoms. The van der Waals surface area contributed by atoms with Crippen molar-refractivity contribution < 1.29 is 22.7 Å². The van der Waals surface area contributed by atoms with Crippen LogP contribution in [-0.4, -0.2) is 27.3 Å². The Bertz CT molecular complexity index is 999. The molecule has 0 radical (unpaired) electrons. The van der Waals surface area contributed by atoms with E-state index in [1.807, 2.05) is 12.1 Å². The SMILES string of the molecule is O=C(Cc1cnc[nH]1)N1CCc2c(cccc2Oc2ccc(C(F)(F)F)cc2)C1. The summed E-state index contributed by atoms with van der Waals surface area (Å²) in [5, 5.41) is 0. The zero-order valence-corrected chi connectivity index (χ0v) is 15.4. The lowest BCUT2D eigenvalue weighted by molar-refractivity contribution is -0.137. The molecule has 1 aliphatic heterocycles. The number of hydrogen-bond acceptors (Lipinski definition) is 3. The number of carbonyl (C=O) groups excluding carboxylic acids is 1. The number of rotatable bonds is 4. The van der Waals surface area contributed by atoms with Crippen LogP contribution >= 0.6 is 0 Å². The number of fused-ring (bicyclic) bond motifs is 1. The van der Waals surface area contributed by atoms with E-state index in [1.165, 1.54) is 12.1 Å². The van der Waals surface area contributed by atoms with Gasteiger partial charge in [0, 0.05) is 30.5 Å². The maximum atomic E-state index is 12.7. The molecular weight excluding hydrogens is 383 g/mol. The van der Waals surface area contributed by atoms with E-state index in [-0.39, 0.29) is 12.3 Å². The van der Waals surface area contributed by atoms with Crippen LogP contribution in [0.15, 0.2) is 55.0 Å². The number of carbonyl (C=O) groups is 1. The van der Waals surface area contributed by atoms with Gasteiger partial charge in [0.15, 0.2) is 0 Å². The predicted molar refractivity (Wildman–Crippen MR) is 99.4 cm³/mol. The van der Waals surface area contributed by atoms with Crippen LogP contribution in [0.4, 0.5) is 13.2 Å². The van der Waals surface area contributed by atoms with Crippen molar-refractivity contribution in [2.75, 3.05) is 6.54 Å². The van der Waals surface area contributed by atoms with Crippen molar-refractivity contribution in [3.63, 3.8) is 0 Å². The molecule has 1 N–H and O–H groups in total. The first kappa shape index (κ1) is 19.0. The average Bonchev–Trinajstić information content (AvgIpc) is 3.20. The zero-order valence-electron chi connectivity index (χ0n) is 15.4. The molecule has 5 nitrogen and oxygen atoms in total. The fourth-order valence-electron chi connectivity index (χ4n) is 3.38. The number of amides is 1. The number of alkyl halides is 3. The molecule has 1 aliphatic rings. The van der Waals surface area contributed by atoms with Crippen molar-refractivity contribution in [3.8, 4) is 11.5 Å². The molecule has 4 rings (SSSR count). The summed E-state index contributed by atoms with van der Waals surface area (Å²) in [6, 6.07) is 10.2. The van der Waals surface area contributed by atoms with E-state index in [1.54, 1.807) is 23.5 Å². The molecule has 0 aliphatic carbocycles. The summed E-state index contributed by atoms with van der Waals surface area (Å²) in [6.07, 6.45) is -0.334. The van der Waals surface area contributed by atoms with Crippen molar-refractivity contribution in [3.05, 3.63) is 77.4 Å². The van der Waals surface area contributed by atoms with Crippen LogP contribution in [0.3, 0.4) is 0 Å². The van der Waals surface area contributed by atoms with Crippen molar-refractivity contribution in [2.24, 2.45) is 0 Å². The molecule has 1 amide bonds. The van der Waals surface area contributed by atoms with E-state index in [0.717, 1.165) is 29.0 Å². The second-order valence-corrected chi connectivity index (χ2v) is 6.84. The Morgan fingerprint density at radius 1 is 1.17 bits per heavy atom. The van der Waals surface area contributed by atoms with Gasteiger partial charge in [-0.05, 0) is 42.3 Å². The van der Waals surface area contributed by atoms with E-state index < -0.39 is 11.7 Å². The molecule has 8 heteroatoms. The Balaban J connectivity index is 1.47. The van der Waals surface area contributed by atoms with Crippen LogP contribution < -0.4 is 4.74 Å². The standard InChI is InChI=1S/C21H18F3N3O2/c22-21(23,24)15-4-6-17(7-5-15)29-19-3-1-2-14-12-27(9-8-18(14)19)20(28)10-16-11-25-13-26-16/h1-7,11,13H,8-10,12H2,(H,25,26). The van der Waals surface area contributed by atoms with E-state index in [0.29, 0.717) is 31.0 Å². The number of halogens is 3. The number of aromatic amines is 1. The van der Waals surface area contributed by atoms with Gasteiger partial charge in [-0.1, -0.05) is 12.1 Å². The van der Waals surface area contributed by atoms with E-state index in [2.05, 4.69) is 9.97 Å². The first-order valence-corrected chi connectivity index (χ1v) is 9.11. The fraction of sp³-hybridized carbons (Fsp3) is 0.238. The summed E-state index contributed by atoms with van der Waals surface area (Å²) in [5.41, 5.74) is 1.99. The average molecular weight is 401 g/mol. The first-order valence-electron chi connectivity index (χ1n) is 9.11. The van der Waals surface area contributed by atoms with Gasteiger partial charge in [0.1, 0.15) is 11.5 Å². The lowest BCUT2D eigenvalue weighted by Gasteiger charge is -2.30. The van der Waals surface area contributed by atoms with E-state index in [9.17, 15) is 18.0 Å². The van der Waals surface area contributed by atoms with Gasteiger partial charge in [0.2, 0.25) is 5.91 Å². The van der Waals surface area contributed by atoms with Gasteiger partial charge >= 0.3 is 6.18 Å². The summed E-state index contributed by atoms with van der Waals surface area (Å²) >= 11 is 0. The number of aromatic nitrogens is 2. The number of imidazole rings is 1. The van der Waals surface area contributed by atoms with Crippen molar-refractivity contribution in [2.45, 2.75) is 25.6 Å². The highest BCUT2D eigenvalue weighted by Gasteiger charge is 2.30. The Morgan fingerprint density at radius 2 is 1.97 bits per heavy atom. The maximum absolute atomic E-state index is 12.7. The van der Waals surface area contributed by atoms with Crippen LogP contribution in [0.1, 0.15) is 22.4 Å². The summed E-state index contributed by atoms with van der Waals surface area (Å²) in [4.78, 5) is 21.2. The molecule has 1 aromatic heterocycles. The Labute approximate surface area is 165 Å². The van der Waals surface area contributed by atoms with Crippen LogP contribution in [-0.2, 0) is 30.4 Å². The predicted octanol–water partition coefficient (Wildman–Crippen LogP) is 4.35. The number of nitrogens with zero attached hydrogens (tertiary/aromatic N) is 2. The number of hydrogen-bond donors (Lipinski definition) is 1. The Kier molecular flexibility index (Phi) is 5.00. The minimum Gasteiger partial charge on any atom is -0.457 e. The minimum absolute atomic E-state index is 0.00830. The minimum atomic E-state index is -4.38. The highest BCUT2D eigenvalue weighted by atomic mass is 19.4. The molecule has 2 heterocycles. The highest BCUT2D eigenvalue weighted by molar-refractivity contribution is 5.78. The number of benzene rings is 2. The molecule has 150 valence electrons. The number of ether oxygens (including phenoxy) is 1. The van der Waals surface area contributed by atoms with Gasteiger partial charge in [0.05, 0.1) is 18.3 Å². The quantitative estimate of drug-likeness (QED) is 0.707. The van der Waals surface area contributed by atoms with Crippen molar-refractivity contribution >= 4 is 5.91 Å². The van der Waals surface area contributed by atoms with Gasteiger partial charge in [-0.15, -0.1) is 0 Å². The number of nitrogens with one attached hydrogen (secondary N) is 1. The maximum Gasteiger partial charge on any atom is 0.416 e. The molecule has 2 aromatic carbocycles. The lowest BCUT2D eigenvalue weighted by Crippen LogP contribution is -2.37. The Hall–Kier alpha value is -3.29. The Morgan fingerprint density at radius 3 is 2.66 bits per heavy atom. The van der Waals surface area contributed by atoms with Crippen LogP contribution in [0.25, 0.3) is 0 Å². The van der Waals surface area contributed by atoms with Gasteiger partial charge in [-0.25, -0.2) is 4.98 Å². The van der Waals surface area contributed by atoms with Crippen molar-refractivity contribution in [1.29, 1.82) is 0 Å². The molecule has 0 fully saturated rings. The summed E-state index contributed by atoms with van der Waals surface area (Å²) in [6.45, 7) is 1.01. The summed E-state index contributed by atoms with van der Waals surface area (Å²) in [5.74, 6) is 0.945. The number of H-pyrrole nitrogens is 1. The van der Waals surface area contributed by atoms with Crippen LogP contribution in [0.2, 0.25) is 0 Å². The van der Waals surface area contributed by atoms with E-state index in [4.69, 9.17) is 4.74 Å². The molecule has 3 aromatic rings. The van der Waals surface area contributed by atoms with Crippen LogP contribution in [0, 0.1) is 0 Å². The smallest absolute Gasteiger partial charge is 0.416 e. The van der Waals surface area contributed by atoms with Crippen LogP contribution in [0.5, 0.6) is 11.5 Å². The molecule has 0 saturated carbocycles. The zero-order chi connectivity index (χ0) is 20.4. The molecule has 0 atom stereocenters. The fourth-order valence-corrected chi connectivity index (χ4v) is 3.38. The molecule has 0 spiro atoms. The van der Waals surface area contributed by atoms with Gasteiger partial charge in [-0.3, -0.25) is 4.79 Å². The lowest BCUT2D eigenvalue weighted by atomic mass is 9.98. The second-order valence-electron chi connectivity index (χ2n) is 6.84. The summed E-state index contributed by atoms with van der Waals surface area (Å²) in [7, 11) is 0. The van der Waals surface area contributed by atoms with Gasteiger partial charge in [0.25, 0.3) is 0 Å². The van der Waals surface area contributed by atoms with Gasteiger partial charge < -0.3 is 14.6 Å². The molecule has 0 saturated heterocycles. The first-order chi connectivity index (χ1) is 13.9. The second kappa shape index (κ2) is 7.62. The van der Waals surface area contributed by atoms with Crippen molar-refractivity contribution in [1.82, 2.24) is 14.9 Å². The monoisotopic (exact) mass is 401 g/mol. The molecule has 0 unspecified atom stereocenters. The third kappa shape index (κ3) is 4.26. The normalized spacial score (nSPS) is 13.8. The largest absolute Gasteiger partial charge is 0.457 e. The highest BCUT2D eigenvalue weighted by Crippen LogP contribution is 2.34. The third-order valence-electron chi connectivity index (χ3n) is 4.88. The topological polar surface area (TPSA) is 58.2 Å². The summed E-state index contributed by atoms with van der Waals surface area (Å²) < 4.78 is 44.0.